The van der Waals surface area contributed by atoms with Crippen molar-refractivity contribution in [1.29, 1.82) is 0 Å². The van der Waals surface area contributed by atoms with E-state index in [1.807, 2.05) is 39.0 Å². The van der Waals surface area contributed by atoms with E-state index in [2.05, 4.69) is 12.2 Å². The smallest absolute Gasteiger partial charge is 0.256 e. The molecule has 4 heteroatoms. The molecule has 1 aliphatic rings. The van der Waals surface area contributed by atoms with Crippen LogP contribution in [0.3, 0.4) is 0 Å². The molecule has 1 fully saturated rings. The Kier molecular flexibility index (Phi) is 7.30. The molecule has 0 aromatic heterocycles. The summed E-state index contributed by atoms with van der Waals surface area (Å²) in [6, 6.07) is 5.81. The lowest BCUT2D eigenvalue weighted by Gasteiger charge is -2.31. The van der Waals surface area contributed by atoms with Crippen molar-refractivity contribution in [2.45, 2.75) is 84.3 Å². The molecule has 1 aromatic rings. The second-order valence-electron chi connectivity index (χ2n) is 7.36. The highest BCUT2D eigenvalue weighted by Gasteiger charge is 2.39. The second-order valence-corrected chi connectivity index (χ2v) is 7.36. The fraction of sp³-hybridized carbons (Fsp3) is 0.667. The Morgan fingerprint density at radius 2 is 1.88 bits per heavy atom. The molecule has 0 unspecified atom stereocenters. The van der Waals surface area contributed by atoms with Crippen LogP contribution in [0.25, 0.3) is 0 Å². The third-order valence-corrected chi connectivity index (χ3v) is 4.70. The van der Waals surface area contributed by atoms with Gasteiger partial charge in [-0.2, -0.15) is 0 Å². The monoisotopic (exact) mass is 347 g/mol. The molecule has 0 spiro atoms. The summed E-state index contributed by atoms with van der Waals surface area (Å²) in [6.45, 7) is 8.74. The van der Waals surface area contributed by atoms with Gasteiger partial charge in [0.25, 0.3) is 5.91 Å². The third kappa shape index (κ3) is 5.46. The fourth-order valence-electron chi connectivity index (χ4n) is 3.39. The van der Waals surface area contributed by atoms with E-state index in [0.29, 0.717) is 6.61 Å². The van der Waals surface area contributed by atoms with Crippen molar-refractivity contribution in [3.63, 3.8) is 0 Å². The molecule has 0 bridgehead atoms. The number of aryl methyl sites for hydroxylation is 1. The Balaban J connectivity index is 2.13. The Morgan fingerprint density at radius 1 is 1.20 bits per heavy atom. The quantitative estimate of drug-likeness (QED) is 0.686. The van der Waals surface area contributed by atoms with Crippen LogP contribution in [0.5, 0.6) is 5.75 Å². The van der Waals surface area contributed by atoms with Crippen molar-refractivity contribution in [3.05, 3.63) is 23.8 Å². The van der Waals surface area contributed by atoms with E-state index in [4.69, 9.17) is 9.47 Å². The number of anilines is 1. The van der Waals surface area contributed by atoms with Gasteiger partial charge in [0.1, 0.15) is 11.4 Å². The number of hydrogen-bond acceptors (Lipinski definition) is 3. The van der Waals surface area contributed by atoms with Gasteiger partial charge in [-0.3, -0.25) is 4.79 Å². The number of carbonyl (C=O) groups excluding carboxylic acids is 1. The highest BCUT2D eigenvalue weighted by Crippen LogP contribution is 2.32. The van der Waals surface area contributed by atoms with E-state index in [1.165, 1.54) is 12.8 Å². The van der Waals surface area contributed by atoms with E-state index in [0.717, 1.165) is 49.1 Å². The minimum Gasteiger partial charge on any atom is -0.491 e. The van der Waals surface area contributed by atoms with Crippen molar-refractivity contribution < 1.29 is 14.3 Å². The molecule has 0 aliphatic heterocycles. The molecular weight excluding hydrogens is 314 g/mol. The van der Waals surface area contributed by atoms with Crippen LogP contribution in [-0.2, 0) is 9.53 Å². The van der Waals surface area contributed by atoms with Gasteiger partial charge in [-0.1, -0.05) is 32.6 Å². The van der Waals surface area contributed by atoms with Crippen LogP contribution < -0.4 is 10.1 Å². The van der Waals surface area contributed by atoms with E-state index in [-0.39, 0.29) is 12.0 Å². The van der Waals surface area contributed by atoms with Crippen LogP contribution in [0.2, 0.25) is 0 Å². The van der Waals surface area contributed by atoms with Gasteiger partial charge in [0.2, 0.25) is 0 Å². The van der Waals surface area contributed by atoms with Crippen LogP contribution in [0.15, 0.2) is 18.2 Å². The molecule has 140 valence electrons. The van der Waals surface area contributed by atoms with Crippen LogP contribution in [-0.4, -0.2) is 24.2 Å². The molecule has 0 saturated heterocycles. The maximum atomic E-state index is 13.1. The van der Waals surface area contributed by atoms with Crippen LogP contribution in [0.4, 0.5) is 5.69 Å². The summed E-state index contributed by atoms with van der Waals surface area (Å²) >= 11 is 0. The largest absolute Gasteiger partial charge is 0.491 e. The molecule has 1 amide bonds. The normalized spacial score (nSPS) is 17.2. The lowest BCUT2D eigenvalue weighted by molar-refractivity contribution is -0.143. The van der Waals surface area contributed by atoms with Crippen molar-refractivity contribution in [2.24, 2.45) is 0 Å². The topological polar surface area (TPSA) is 47.6 Å². The molecule has 0 heterocycles. The van der Waals surface area contributed by atoms with Gasteiger partial charge in [-0.25, -0.2) is 0 Å². The maximum absolute atomic E-state index is 13.1. The lowest BCUT2D eigenvalue weighted by Crippen LogP contribution is -2.45. The van der Waals surface area contributed by atoms with Gasteiger partial charge in [-0.15, -0.1) is 0 Å². The number of hydrogen-bond donors (Lipinski definition) is 1. The minimum atomic E-state index is -0.673. The minimum absolute atomic E-state index is 0.000206. The Morgan fingerprint density at radius 3 is 2.44 bits per heavy atom. The molecule has 1 aromatic carbocycles. The number of benzene rings is 1. The fourth-order valence-corrected chi connectivity index (χ4v) is 3.39. The van der Waals surface area contributed by atoms with Crippen molar-refractivity contribution in [1.82, 2.24) is 0 Å². The highest BCUT2D eigenvalue weighted by atomic mass is 16.5. The first-order valence-electron chi connectivity index (χ1n) is 9.69. The summed E-state index contributed by atoms with van der Waals surface area (Å²) in [7, 11) is 0. The summed E-state index contributed by atoms with van der Waals surface area (Å²) in [5, 5.41) is 3.09. The van der Waals surface area contributed by atoms with E-state index in [9.17, 15) is 4.79 Å². The Hall–Kier alpha value is -1.55. The average molecular weight is 347 g/mol. The molecular formula is C21H33NO3. The van der Waals surface area contributed by atoms with Gasteiger partial charge in [0, 0.05) is 12.3 Å². The van der Waals surface area contributed by atoms with Crippen molar-refractivity contribution in [2.75, 3.05) is 11.9 Å². The first-order valence-corrected chi connectivity index (χ1v) is 9.69. The standard InChI is InChI=1S/C21H33NO3/c1-5-14-24-21(12-8-6-7-9-13-21)20(23)22-18-10-11-19(17(4)15-18)25-16(2)3/h10-11,15-16H,5-9,12-14H2,1-4H3,(H,22,23). The first-order chi connectivity index (χ1) is 12.0. The zero-order valence-electron chi connectivity index (χ0n) is 16.2. The molecule has 1 saturated carbocycles. The van der Waals surface area contributed by atoms with Gasteiger partial charge in [0.15, 0.2) is 0 Å². The number of rotatable bonds is 7. The molecule has 1 aliphatic carbocycles. The van der Waals surface area contributed by atoms with E-state index >= 15 is 0 Å². The number of nitrogens with one attached hydrogen (secondary N) is 1. The molecule has 2 rings (SSSR count). The highest BCUT2D eigenvalue weighted by molar-refractivity contribution is 5.97. The van der Waals surface area contributed by atoms with Crippen LogP contribution in [0.1, 0.15) is 71.3 Å². The Labute approximate surface area is 152 Å². The van der Waals surface area contributed by atoms with Crippen molar-refractivity contribution >= 4 is 11.6 Å². The maximum Gasteiger partial charge on any atom is 0.256 e. The third-order valence-electron chi connectivity index (χ3n) is 4.70. The zero-order valence-corrected chi connectivity index (χ0v) is 16.2. The average Bonchev–Trinajstić information content (AvgIpc) is 2.82. The predicted octanol–water partition coefficient (Wildman–Crippen LogP) is 5.24. The van der Waals surface area contributed by atoms with Gasteiger partial charge >= 0.3 is 0 Å². The van der Waals surface area contributed by atoms with E-state index < -0.39 is 5.60 Å². The van der Waals surface area contributed by atoms with Crippen molar-refractivity contribution in [3.8, 4) is 5.75 Å². The number of ether oxygens (including phenoxy) is 2. The second kappa shape index (κ2) is 9.23. The molecule has 0 radical (unpaired) electrons. The van der Waals surface area contributed by atoms with Crippen LogP contribution in [0, 0.1) is 6.92 Å². The summed E-state index contributed by atoms with van der Waals surface area (Å²) in [4.78, 5) is 13.1. The SMILES string of the molecule is CCCOC1(C(=O)Nc2ccc(OC(C)C)c(C)c2)CCCCCC1. The lowest BCUT2D eigenvalue weighted by atomic mass is 9.92. The summed E-state index contributed by atoms with van der Waals surface area (Å²) in [6.07, 6.45) is 7.16. The molecule has 4 nitrogen and oxygen atoms in total. The predicted molar refractivity (Wildman–Crippen MR) is 102 cm³/mol. The molecule has 0 atom stereocenters. The van der Waals surface area contributed by atoms with E-state index in [1.54, 1.807) is 0 Å². The molecule has 25 heavy (non-hydrogen) atoms. The van der Waals surface area contributed by atoms with Gasteiger partial charge in [0.05, 0.1) is 6.10 Å². The number of amides is 1. The van der Waals surface area contributed by atoms with Crippen LogP contribution >= 0.6 is 0 Å². The number of carbonyl (C=O) groups is 1. The summed E-state index contributed by atoms with van der Waals surface area (Å²) in [5.41, 5.74) is 1.16. The first kappa shape index (κ1) is 19.8. The molecule has 1 N–H and O–H groups in total. The van der Waals surface area contributed by atoms with Gasteiger partial charge in [-0.05, 0) is 63.8 Å². The summed E-state index contributed by atoms with van der Waals surface area (Å²) < 4.78 is 11.9. The summed E-state index contributed by atoms with van der Waals surface area (Å²) in [5.74, 6) is 0.860. The van der Waals surface area contributed by atoms with Gasteiger partial charge < -0.3 is 14.8 Å². The Bertz CT molecular complexity index is 560. The zero-order chi connectivity index (χ0) is 18.3.